The summed E-state index contributed by atoms with van der Waals surface area (Å²) >= 11 is 0. The molecule has 108 valence electrons. The van der Waals surface area contributed by atoms with Gasteiger partial charge in [0.1, 0.15) is 5.65 Å². The minimum atomic E-state index is -3.75. The molecular formula is C14H14N4O2S. The van der Waals surface area contributed by atoms with E-state index in [0.29, 0.717) is 17.2 Å². The lowest BCUT2D eigenvalue weighted by Gasteiger charge is -2.09. The van der Waals surface area contributed by atoms with Crippen LogP contribution in [0.15, 0.2) is 59.8 Å². The highest BCUT2D eigenvalue weighted by atomic mass is 32.2. The van der Waals surface area contributed by atoms with Crippen LogP contribution in [0.1, 0.15) is 0 Å². The fourth-order valence-corrected chi connectivity index (χ4v) is 3.46. The molecule has 0 saturated heterocycles. The zero-order chi connectivity index (χ0) is 14.9. The fourth-order valence-electron chi connectivity index (χ4n) is 2.10. The summed E-state index contributed by atoms with van der Waals surface area (Å²) in [5.74, 6) is 0.310. The van der Waals surface area contributed by atoms with Crippen molar-refractivity contribution in [2.75, 3.05) is 17.1 Å². The van der Waals surface area contributed by atoms with Crippen LogP contribution < -0.4 is 10.0 Å². The van der Waals surface area contributed by atoms with E-state index in [2.05, 4.69) is 15.0 Å². The molecule has 6 nitrogen and oxygen atoms in total. The lowest BCUT2D eigenvalue weighted by atomic mass is 10.3. The second kappa shape index (κ2) is 5.10. The monoisotopic (exact) mass is 302 g/mol. The first-order valence-corrected chi connectivity index (χ1v) is 7.83. The normalized spacial score (nSPS) is 11.5. The smallest absolute Gasteiger partial charge is 0.281 e. The molecule has 0 atom stereocenters. The van der Waals surface area contributed by atoms with Crippen LogP contribution in [0.25, 0.3) is 5.65 Å². The van der Waals surface area contributed by atoms with E-state index in [0.717, 1.165) is 0 Å². The van der Waals surface area contributed by atoms with Crippen LogP contribution in [0.4, 0.5) is 11.5 Å². The van der Waals surface area contributed by atoms with Crippen molar-refractivity contribution in [2.45, 2.75) is 5.03 Å². The molecule has 0 amide bonds. The molecule has 3 aromatic rings. The van der Waals surface area contributed by atoms with Crippen LogP contribution >= 0.6 is 0 Å². The second-order valence-electron chi connectivity index (χ2n) is 4.42. The van der Waals surface area contributed by atoms with E-state index in [1.54, 1.807) is 49.6 Å². The number of imidazole rings is 1. The van der Waals surface area contributed by atoms with Crippen molar-refractivity contribution < 1.29 is 8.42 Å². The maximum atomic E-state index is 12.6. The van der Waals surface area contributed by atoms with Gasteiger partial charge in [-0.05, 0) is 24.3 Å². The molecule has 0 unspecified atom stereocenters. The maximum absolute atomic E-state index is 12.6. The zero-order valence-electron chi connectivity index (χ0n) is 11.3. The topological polar surface area (TPSA) is 75.5 Å². The summed E-state index contributed by atoms with van der Waals surface area (Å²) in [4.78, 5) is 4.27. The highest BCUT2D eigenvalue weighted by Gasteiger charge is 2.24. The minimum Gasteiger partial charge on any atom is -0.371 e. The average Bonchev–Trinajstić information content (AvgIpc) is 2.87. The Labute approximate surface area is 122 Å². The molecule has 2 aromatic heterocycles. The standard InChI is InChI=1S/C14H14N4O2S/c1-15-13-14(18-10-6-5-9-12(18)16-13)21(19,20)17-11-7-3-2-4-8-11/h2-10,15,17H,1H3. The molecule has 21 heavy (non-hydrogen) atoms. The summed E-state index contributed by atoms with van der Waals surface area (Å²) in [5, 5.41) is 2.91. The van der Waals surface area contributed by atoms with Crippen molar-refractivity contribution in [2.24, 2.45) is 0 Å². The van der Waals surface area contributed by atoms with Crippen LogP contribution in [0.5, 0.6) is 0 Å². The number of anilines is 2. The first kappa shape index (κ1) is 13.4. The van der Waals surface area contributed by atoms with Crippen molar-refractivity contribution in [1.82, 2.24) is 9.38 Å². The Hall–Kier alpha value is -2.54. The third kappa shape index (κ3) is 2.43. The Bertz CT molecular complexity index is 872. The third-order valence-corrected chi connectivity index (χ3v) is 4.41. The molecule has 0 fully saturated rings. The minimum absolute atomic E-state index is 0.0875. The first-order valence-electron chi connectivity index (χ1n) is 6.34. The number of aromatic nitrogens is 2. The number of nitrogens with zero attached hydrogens (tertiary/aromatic N) is 2. The molecule has 0 aliphatic carbocycles. The predicted molar refractivity (Wildman–Crippen MR) is 82.0 cm³/mol. The first-order chi connectivity index (χ1) is 10.1. The van der Waals surface area contributed by atoms with Gasteiger partial charge < -0.3 is 5.32 Å². The van der Waals surface area contributed by atoms with E-state index >= 15 is 0 Å². The molecule has 0 spiro atoms. The Morgan fingerprint density at radius 3 is 2.48 bits per heavy atom. The Kier molecular flexibility index (Phi) is 3.26. The molecule has 2 heterocycles. The Balaban J connectivity index is 2.14. The van der Waals surface area contributed by atoms with Gasteiger partial charge in [-0.1, -0.05) is 24.3 Å². The van der Waals surface area contributed by atoms with Crippen LogP contribution in [-0.4, -0.2) is 24.9 Å². The van der Waals surface area contributed by atoms with E-state index in [1.165, 1.54) is 4.40 Å². The number of pyridine rings is 1. The molecule has 0 aliphatic heterocycles. The summed E-state index contributed by atoms with van der Waals surface area (Å²) in [6.45, 7) is 0. The van der Waals surface area contributed by atoms with E-state index in [1.807, 2.05) is 12.1 Å². The maximum Gasteiger partial charge on any atom is 0.281 e. The van der Waals surface area contributed by atoms with Crippen molar-refractivity contribution >= 4 is 27.2 Å². The van der Waals surface area contributed by atoms with Crippen molar-refractivity contribution in [1.29, 1.82) is 0 Å². The van der Waals surface area contributed by atoms with Crippen LogP contribution in [0.2, 0.25) is 0 Å². The zero-order valence-corrected chi connectivity index (χ0v) is 12.1. The number of nitrogens with one attached hydrogen (secondary N) is 2. The predicted octanol–water partition coefficient (Wildman–Crippen LogP) is 2.18. The Morgan fingerprint density at radius 2 is 1.76 bits per heavy atom. The molecule has 7 heteroatoms. The second-order valence-corrected chi connectivity index (χ2v) is 6.01. The number of hydrogen-bond donors (Lipinski definition) is 2. The van der Waals surface area contributed by atoms with Gasteiger partial charge >= 0.3 is 0 Å². The number of sulfonamides is 1. The van der Waals surface area contributed by atoms with Gasteiger partial charge in [0.25, 0.3) is 10.0 Å². The van der Waals surface area contributed by atoms with E-state index in [4.69, 9.17) is 0 Å². The van der Waals surface area contributed by atoms with Gasteiger partial charge in [-0.15, -0.1) is 0 Å². The van der Waals surface area contributed by atoms with Gasteiger partial charge in [0.05, 0.1) is 0 Å². The van der Waals surface area contributed by atoms with E-state index < -0.39 is 10.0 Å². The number of hydrogen-bond acceptors (Lipinski definition) is 4. The number of rotatable bonds is 4. The lowest BCUT2D eigenvalue weighted by molar-refractivity contribution is 0.597. The summed E-state index contributed by atoms with van der Waals surface area (Å²) in [6.07, 6.45) is 1.67. The Morgan fingerprint density at radius 1 is 1.05 bits per heavy atom. The highest BCUT2D eigenvalue weighted by molar-refractivity contribution is 7.92. The van der Waals surface area contributed by atoms with Crippen LogP contribution in [0.3, 0.4) is 0 Å². The van der Waals surface area contributed by atoms with Gasteiger partial charge in [0.2, 0.25) is 5.03 Å². The van der Waals surface area contributed by atoms with Gasteiger partial charge in [-0.25, -0.2) is 4.98 Å². The van der Waals surface area contributed by atoms with Crippen LogP contribution in [-0.2, 0) is 10.0 Å². The van der Waals surface area contributed by atoms with Gasteiger partial charge in [0.15, 0.2) is 5.82 Å². The molecular weight excluding hydrogens is 288 g/mol. The SMILES string of the molecule is CNc1nc2ccccn2c1S(=O)(=O)Nc1ccccc1. The quantitative estimate of drug-likeness (QED) is 0.774. The summed E-state index contributed by atoms with van der Waals surface area (Å²) < 4.78 is 29.4. The van der Waals surface area contributed by atoms with Crippen LogP contribution in [0, 0.1) is 0 Å². The fraction of sp³-hybridized carbons (Fsp3) is 0.0714. The van der Waals surface area contributed by atoms with Crippen molar-refractivity contribution in [3.63, 3.8) is 0 Å². The molecule has 0 radical (unpaired) electrons. The molecule has 0 aliphatic rings. The van der Waals surface area contributed by atoms with Crippen molar-refractivity contribution in [3.05, 3.63) is 54.7 Å². The molecule has 1 aromatic carbocycles. The third-order valence-electron chi connectivity index (χ3n) is 3.00. The largest absolute Gasteiger partial charge is 0.371 e. The molecule has 3 rings (SSSR count). The number of fused-ring (bicyclic) bond motifs is 1. The summed E-state index contributed by atoms with van der Waals surface area (Å²) in [5.41, 5.74) is 1.07. The highest BCUT2D eigenvalue weighted by Crippen LogP contribution is 2.24. The molecule has 0 saturated carbocycles. The summed E-state index contributed by atoms with van der Waals surface area (Å²) in [6, 6.07) is 14.1. The molecule has 0 bridgehead atoms. The lowest BCUT2D eigenvalue weighted by Crippen LogP contribution is -2.16. The number of para-hydroxylation sites is 1. The van der Waals surface area contributed by atoms with Gasteiger partial charge in [0, 0.05) is 18.9 Å². The van der Waals surface area contributed by atoms with Gasteiger partial charge in [-0.3, -0.25) is 9.12 Å². The average molecular weight is 302 g/mol. The van der Waals surface area contributed by atoms with E-state index in [9.17, 15) is 8.42 Å². The number of benzene rings is 1. The summed E-state index contributed by atoms with van der Waals surface area (Å²) in [7, 11) is -2.11. The van der Waals surface area contributed by atoms with Gasteiger partial charge in [-0.2, -0.15) is 8.42 Å². The van der Waals surface area contributed by atoms with E-state index in [-0.39, 0.29) is 5.03 Å². The molecule has 2 N–H and O–H groups in total. The van der Waals surface area contributed by atoms with Crippen molar-refractivity contribution in [3.8, 4) is 0 Å².